The number of benzene rings is 1. The number of nitrogens with one attached hydrogen (secondary N) is 2. The second kappa shape index (κ2) is 8.73. The number of hydrogen-bond acceptors (Lipinski definition) is 8. The minimum atomic E-state index is -0.857. The Morgan fingerprint density at radius 2 is 1.87 bits per heavy atom. The fourth-order valence-electron chi connectivity index (χ4n) is 3.04. The van der Waals surface area contributed by atoms with E-state index in [1.54, 1.807) is 12.1 Å². The summed E-state index contributed by atoms with van der Waals surface area (Å²) >= 11 is 0. The quantitative estimate of drug-likeness (QED) is 0.268. The van der Waals surface area contributed by atoms with Gasteiger partial charge in [0.15, 0.2) is 0 Å². The van der Waals surface area contributed by atoms with Crippen molar-refractivity contribution in [2.75, 3.05) is 23.8 Å². The minimum Gasteiger partial charge on any atom is -0.422 e. The van der Waals surface area contributed by atoms with Crippen molar-refractivity contribution in [1.82, 2.24) is 25.3 Å². The molecule has 0 atom stereocenters. The first-order chi connectivity index (χ1) is 14.7. The summed E-state index contributed by atoms with van der Waals surface area (Å²) in [6.45, 7) is 6.66. The summed E-state index contributed by atoms with van der Waals surface area (Å²) in [4.78, 5) is 50.5. The molecule has 0 aliphatic rings. The maximum atomic E-state index is 12.4. The number of carbonyl (C=O) groups is 2. The van der Waals surface area contributed by atoms with E-state index in [0.29, 0.717) is 11.0 Å². The molecule has 0 fully saturated rings. The maximum Gasteiger partial charge on any atom is 0.365 e. The zero-order valence-electron chi connectivity index (χ0n) is 17.3. The largest absolute Gasteiger partial charge is 0.422 e. The average Bonchev–Trinajstić information content (AvgIpc) is 2.98. The van der Waals surface area contributed by atoms with Crippen LogP contribution in [0.3, 0.4) is 0 Å². The van der Waals surface area contributed by atoms with Gasteiger partial charge in [0.25, 0.3) is 11.8 Å². The van der Waals surface area contributed by atoms with Gasteiger partial charge in [-0.3, -0.25) is 20.4 Å². The Kier molecular flexibility index (Phi) is 6.09. The van der Waals surface area contributed by atoms with E-state index in [9.17, 15) is 19.2 Å². The van der Waals surface area contributed by atoms with Crippen molar-refractivity contribution in [2.24, 2.45) is 0 Å². The van der Waals surface area contributed by atoms with Gasteiger partial charge in [-0.2, -0.15) is 9.77 Å². The molecule has 0 saturated heterocycles. The van der Waals surface area contributed by atoms with Crippen molar-refractivity contribution in [3.8, 4) is 0 Å². The number of hydrogen-bond donors (Lipinski definition) is 3. The lowest BCUT2D eigenvalue weighted by molar-refractivity contribution is -0.122. The number of amides is 2. The molecular formula is C19H23N7O5. The third kappa shape index (κ3) is 4.42. The second-order valence-electron chi connectivity index (χ2n) is 6.70. The highest BCUT2D eigenvalue weighted by Gasteiger charge is 2.16. The van der Waals surface area contributed by atoms with E-state index in [2.05, 4.69) is 20.9 Å². The standard InChI is InChI=1S/C19H23N7O5/c1-4-24(5-2)13-7-6-12-8-14(18(29)31-15(12)9-13)17(28)22-21-16(27)10-25-19(30)26(20)11(3)23-25/h6-9H,4-5,10,20H2,1-3H3,(H,21,27)(H,22,28). The van der Waals surface area contributed by atoms with Crippen LogP contribution in [0.2, 0.25) is 0 Å². The second-order valence-corrected chi connectivity index (χ2v) is 6.70. The average molecular weight is 429 g/mol. The van der Waals surface area contributed by atoms with Crippen LogP contribution in [0.25, 0.3) is 11.0 Å². The number of nitrogens with zero attached hydrogens (tertiary/aromatic N) is 4. The topological polar surface area (TPSA) is 157 Å². The highest BCUT2D eigenvalue weighted by atomic mass is 16.4. The van der Waals surface area contributed by atoms with Crippen molar-refractivity contribution in [3.63, 3.8) is 0 Å². The number of nitrogen functional groups attached to an aromatic ring is 1. The fraction of sp³-hybridized carbons (Fsp3) is 0.316. The zero-order chi connectivity index (χ0) is 22.7. The van der Waals surface area contributed by atoms with E-state index in [1.807, 2.05) is 19.9 Å². The van der Waals surface area contributed by atoms with Gasteiger partial charge in [0, 0.05) is 30.2 Å². The summed E-state index contributed by atoms with van der Waals surface area (Å²) in [5.74, 6) is 4.08. The number of aryl methyl sites for hydroxylation is 1. The molecule has 0 unspecified atom stereocenters. The Labute approximate surface area is 176 Å². The number of rotatable bonds is 6. The number of fused-ring (bicyclic) bond motifs is 1. The lowest BCUT2D eigenvalue weighted by Gasteiger charge is -2.21. The van der Waals surface area contributed by atoms with Crippen LogP contribution in [0, 0.1) is 6.92 Å². The first-order valence-electron chi connectivity index (χ1n) is 9.58. The lowest BCUT2D eigenvalue weighted by Crippen LogP contribution is -2.45. The molecule has 1 aromatic carbocycles. The number of hydrazine groups is 1. The highest BCUT2D eigenvalue weighted by Crippen LogP contribution is 2.21. The molecule has 4 N–H and O–H groups in total. The number of aromatic nitrogens is 3. The summed E-state index contributed by atoms with van der Waals surface area (Å²) < 4.78 is 6.93. The summed E-state index contributed by atoms with van der Waals surface area (Å²) in [6.07, 6.45) is 0. The summed E-state index contributed by atoms with van der Waals surface area (Å²) in [6, 6.07) is 6.75. The van der Waals surface area contributed by atoms with Crippen LogP contribution >= 0.6 is 0 Å². The Morgan fingerprint density at radius 1 is 1.16 bits per heavy atom. The van der Waals surface area contributed by atoms with Crippen molar-refractivity contribution >= 4 is 28.5 Å². The van der Waals surface area contributed by atoms with E-state index in [1.165, 1.54) is 13.0 Å². The third-order valence-electron chi connectivity index (χ3n) is 4.74. The molecule has 2 aromatic heterocycles. The number of carbonyl (C=O) groups excluding carboxylic acids is 2. The van der Waals surface area contributed by atoms with Crippen LogP contribution < -0.4 is 32.9 Å². The number of nitrogens with two attached hydrogens (primary N) is 1. The van der Waals surface area contributed by atoms with Gasteiger partial charge in [0.1, 0.15) is 23.5 Å². The van der Waals surface area contributed by atoms with Gasteiger partial charge >= 0.3 is 11.3 Å². The van der Waals surface area contributed by atoms with Crippen molar-refractivity contribution in [1.29, 1.82) is 0 Å². The first-order valence-corrected chi connectivity index (χ1v) is 9.58. The van der Waals surface area contributed by atoms with E-state index in [4.69, 9.17) is 10.3 Å². The van der Waals surface area contributed by atoms with Gasteiger partial charge in [-0.1, -0.05) is 0 Å². The lowest BCUT2D eigenvalue weighted by atomic mass is 10.1. The molecule has 0 saturated carbocycles. The molecule has 12 heteroatoms. The van der Waals surface area contributed by atoms with Crippen LogP contribution in [0.15, 0.2) is 38.3 Å². The Bertz CT molecular complexity index is 1250. The van der Waals surface area contributed by atoms with Crippen LogP contribution in [-0.4, -0.2) is 39.4 Å². The molecule has 164 valence electrons. The zero-order valence-corrected chi connectivity index (χ0v) is 17.3. The Morgan fingerprint density at radius 3 is 2.48 bits per heavy atom. The third-order valence-corrected chi connectivity index (χ3v) is 4.74. The number of anilines is 1. The van der Waals surface area contributed by atoms with E-state index in [-0.39, 0.29) is 11.4 Å². The first kappa shape index (κ1) is 21.6. The molecule has 2 heterocycles. The SMILES string of the molecule is CCN(CC)c1ccc2cc(C(=O)NNC(=O)Cn3nc(C)n(N)c3=O)c(=O)oc2c1. The fourth-order valence-corrected chi connectivity index (χ4v) is 3.04. The van der Waals surface area contributed by atoms with Gasteiger partial charge in [-0.25, -0.2) is 14.3 Å². The monoisotopic (exact) mass is 429 g/mol. The van der Waals surface area contributed by atoms with E-state index < -0.39 is 29.7 Å². The molecule has 2 amide bonds. The van der Waals surface area contributed by atoms with Gasteiger partial charge in [0.2, 0.25) is 0 Å². The molecule has 12 nitrogen and oxygen atoms in total. The highest BCUT2D eigenvalue weighted by molar-refractivity contribution is 5.97. The summed E-state index contributed by atoms with van der Waals surface area (Å²) in [5.41, 5.74) is 3.70. The summed E-state index contributed by atoms with van der Waals surface area (Å²) in [5, 5.41) is 4.37. The van der Waals surface area contributed by atoms with Crippen LogP contribution in [0.5, 0.6) is 0 Å². The normalized spacial score (nSPS) is 10.8. The molecule has 3 aromatic rings. The predicted octanol–water partition coefficient (Wildman–Crippen LogP) is -0.519. The molecular weight excluding hydrogens is 406 g/mol. The van der Waals surface area contributed by atoms with Crippen molar-refractivity contribution < 1.29 is 14.0 Å². The molecule has 0 bridgehead atoms. The van der Waals surface area contributed by atoms with Gasteiger partial charge in [-0.05, 0) is 39.0 Å². The maximum absolute atomic E-state index is 12.4. The molecule has 3 rings (SSSR count). The molecule has 31 heavy (non-hydrogen) atoms. The molecule has 0 aliphatic carbocycles. The Balaban J connectivity index is 1.73. The predicted molar refractivity (Wildman–Crippen MR) is 113 cm³/mol. The minimum absolute atomic E-state index is 0.222. The Hall–Kier alpha value is -4.09. The van der Waals surface area contributed by atoms with Crippen molar-refractivity contribution in [3.05, 3.63) is 56.6 Å². The van der Waals surface area contributed by atoms with Crippen LogP contribution in [-0.2, 0) is 11.3 Å². The van der Waals surface area contributed by atoms with Gasteiger partial charge < -0.3 is 15.2 Å². The smallest absolute Gasteiger partial charge is 0.365 e. The van der Waals surface area contributed by atoms with E-state index >= 15 is 0 Å². The summed E-state index contributed by atoms with van der Waals surface area (Å²) in [7, 11) is 0. The van der Waals surface area contributed by atoms with Crippen molar-refractivity contribution in [2.45, 2.75) is 27.3 Å². The molecule has 0 aliphatic heterocycles. The van der Waals surface area contributed by atoms with Gasteiger partial charge in [-0.15, -0.1) is 0 Å². The van der Waals surface area contributed by atoms with Crippen LogP contribution in [0.1, 0.15) is 30.0 Å². The molecule has 0 radical (unpaired) electrons. The van der Waals surface area contributed by atoms with Crippen LogP contribution in [0.4, 0.5) is 5.69 Å². The van der Waals surface area contributed by atoms with Gasteiger partial charge in [0.05, 0.1) is 0 Å². The van der Waals surface area contributed by atoms with E-state index in [0.717, 1.165) is 28.1 Å². The molecule has 0 spiro atoms.